The Morgan fingerprint density at radius 1 is 0.404 bits per heavy atom. The number of aromatic nitrogens is 3. The molecule has 6 aromatic heterocycles. The zero-order valence-corrected chi connectivity index (χ0v) is 69.1. The highest BCUT2D eigenvalue weighted by Crippen LogP contribution is 2.41. The van der Waals surface area contributed by atoms with Gasteiger partial charge in [-0.3, -0.25) is 15.0 Å². The molecule has 0 radical (unpaired) electrons. The van der Waals surface area contributed by atoms with Crippen molar-refractivity contribution in [3.05, 3.63) is 189 Å². The molecular weight excluding hydrogens is 1600 g/mol. The molecule has 18 rings (SSSR count). The first-order valence-electron chi connectivity index (χ1n) is 38.8. The Morgan fingerprint density at radius 3 is 1.18 bits per heavy atom. The number of hydrogen-bond acceptors (Lipinski definition) is 22. The molecule has 0 N–H and O–H groups in total. The lowest BCUT2D eigenvalue weighted by Crippen LogP contribution is -2.41. The van der Waals surface area contributed by atoms with E-state index in [4.69, 9.17) is 88.2 Å². The number of furan rings is 3. The summed E-state index contributed by atoms with van der Waals surface area (Å²) in [7, 11) is -0.757. The Labute approximate surface area is 689 Å². The molecule has 7 fully saturated rings. The maximum absolute atomic E-state index is 9.80. The highest BCUT2D eigenvalue weighted by atomic mass is 127. The first-order valence-corrected chi connectivity index (χ1v) is 40.6. The number of nitriles is 2. The molecule has 7 saturated heterocycles. The molecule has 7 aliphatic heterocycles. The lowest BCUT2D eigenvalue weighted by molar-refractivity contribution is 0.00578. The number of rotatable bonds is 12. The molecule has 5 aromatic carbocycles. The van der Waals surface area contributed by atoms with Crippen LogP contribution in [0.2, 0.25) is 10.0 Å². The van der Waals surface area contributed by atoms with Gasteiger partial charge >= 0.3 is 14.2 Å². The van der Waals surface area contributed by atoms with Gasteiger partial charge in [0, 0.05) is 135 Å². The molecule has 27 heteroatoms. The molecule has 0 spiro atoms. The second-order valence-corrected chi connectivity index (χ2v) is 32.4. The third kappa shape index (κ3) is 19.5. The molecule has 0 unspecified atom stereocenters. The van der Waals surface area contributed by atoms with Crippen molar-refractivity contribution in [3.8, 4) is 57.4 Å². The van der Waals surface area contributed by atoms with Crippen LogP contribution in [0, 0.1) is 26.4 Å². The van der Waals surface area contributed by atoms with Gasteiger partial charge in [-0.05, 0) is 198 Å². The zero-order chi connectivity index (χ0) is 79.6. The van der Waals surface area contributed by atoms with E-state index in [1.54, 1.807) is 36.8 Å². The fraction of sp³-hybridized carbons (Fsp3) is 0.391. The minimum Gasteiger partial charge on any atom is -0.489 e. The van der Waals surface area contributed by atoms with Gasteiger partial charge in [0.25, 0.3) is 0 Å². The van der Waals surface area contributed by atoms with Crippen molar-refractivity contribution in [2.45, 2.75) is 116 Å². The highest BCUT2D eigenvalue weighted by Gasteiger charge is 2.53. The van der Waals surface area contributed by atoms with Crippen LogP contribution >= 0.6 is 45.8 Å². The number of ether oxygens (including phenoxy) is 7. The summed E-state index contributed by atoms with van der Waals surface area (Å²) in [6.07, 6.45) is 8.67. The van der Waals surface area contributed by atoms with E-state index in [2.05, 4.69) is 165 Å². The number of pyridine rings is 3. The molecule has 22 nitrogen and oxygen atoms in total. The van der Waals surface area contributed by atoms with Crippen LogP contribution in [-0.4, -0.2) is 169 Å². The van der Waals surface area contributed by atoms with E-state index in [-0.39, 0.29) is 30.5 Å². The average molecular weight is 1690 g/mol. The molecule has 7 aliphatic rings. The van der Waals surface area contributed by atoms with Crippen LogP contribution in [0.15, 0.2) is 177 Å². The van der Waals surface area contributed by atoms with Gasteiger partial charge in [0.15, 0.2) is 20.5 Å². The quantitative estimate of drug-likeness (QED) is 0.0816. The monoisotopic (exact) mass is 1690 g/mol. The van der Waals surface area contributed by atoms with Crippen molar-refractivity contribution in [3.63, 3.8) is 0 Å². The Balaban J connectivity index is 0.000000123. The Hall–Kier alpha value is -8.77. The summed E-state index contributed by atoms with van der Waals surface area (Å²) in [6.45, 7) is 29.5. The number of halogens is 3. The summed E-state index contributed by atoms with van der Waals surface area (Å²) < 4.78 is 81.6. The van der Waals surface area contributed by atoms with Crippen molar-refractivity contribution < 1.29 is 65.0 Å². The summed E-state index contributed by atoms with van der Waals surface area (Å²) in [6, 6.07) is 52.2. The third-order valence-corrected chi connectivity index (χ3v) is 23.1. The van der Waals surface area contributed by atoms with Crippen LogP contribution in [0.4, 0.5) is 17.1 Å². The van der Waals surface area contributed by atoms with Gasteiger partial charge in [-0.15, -0.1) is 0 Å². The van der Waals surface area contributed by atoms with Gasteiger partial charge in [-0.1, -0.05) is 47.5 Å². The van der Waals surface area contributed by atoms with Crippen LogP contribution < -0.4 is 35.1 Å². The molecule has 592 valence electrons. The molecule has 0 saturated carbocycles. The van der Waals surface area contributed by atoms with Crippen LogP contribution in [-0.2, 0) is 42.3 Å². The minimum atomic E-state index is -0.473. The van der Waals surface area contributed by atoms with Crippen LogP contribution in [0.5, 0.6) is 11.5 Å². The first-order chi connectivity index (χ1) is 55.1. The van der Waals surface area contributed by atoms with Crippen molar-refractivity contribution >= 4 is 121 Å². The van der Waals surface area contributed by atoms with E-state index in [1.165, 1.54) is 17.1 Å². The smallest absolute Gasteiger partial charge is 0.489 e. The van der Waals surface area contributed by atoms with Gasteiger partial charge in [0.1, 0.15) is 63.9 Å². The predicted molar refractivity (Wildman–Crippen MR) is 453 cm³/mol. The minimum absolute atomic E-state index is 0.0756. The molecule has 0 amide bonds. The number of morpholine rings is 3. The van der Waals surface area contributed by atoms with Crippen LogP contribution in [0.25, 0.3) is 67.1 Å². The molecule has 0 bridgehead atoms. The van der Waals surface area contributed by atoms with E-state index in [0.717, 1.165) is 170 Å². The van der Waals surface area contributed by atoms with Gasteiger partial charge in [0.2, 0.25) is 0 Å². The molecule has 11 aromatic rings. The van der Waals surface area contributed by atoms with Crippen molar-refractivity contribution in [1.82, 2.24) is 15.0 Å². The Kier molecular flexibility index (Phi) is 26.2. The lowest BCUT2D eigenvalue weighted by atomic mass is 9.78. The molecular formula is C87H93B2Cl2IN8O14. The number of fused-ring (bicyclic) bond motifs is 3. The van der Waals surface area contributed by atoms with E-state index in [0.29, 0.717) is 75.8 Å². The Bertz CT molecular complexity index is 5130. The van der Waals surface area contributed by atoms with Crippen LogP contribution in [0.1, 0.15) is 92.2 Å². The standard InChI is InChI=1S/C29H27N3O4.C18H24BNO4.C17H15ClN2O2.C16H24BNO3.C7H3ClINO/c30-19-22-17-21(3-6-27(22)35-24-8-13-33-14-9-24)25-7-10-31-26-18-28(36-29(25)26)20-1-4-23(5-2-20)32-11-15-34-16-12-32;1-17(2)18(3,4)24-19(23-17)14-5-6-16(13(11-14)12-20)22-15-7-9-21-10-8-15;18-14-5-6-19-15-11-16(22-17(14)15)12-1-3-13(4-2-12)20-7-9-21-10-8-20;1-15(2)16(3,4)21-17(20-15)13-5-7-14(8-6-13)18-9-11-19-12-10-18;8-4-1-2-10-5-3-6(9)11-7(4)5/h1-7,10,17-18,24H,8-9,11-16H2;5-6,11,15H,7-10H2,1-4H3;1-6,11H,7-10H2;5-8H,9-12H2,1-4H3;1-3H. The summed E-state index contributed by atoms with van der Waals surface area (Å²) in [5.41, 5.74) is 13.3. The maximum atomic E-state index is 9.80. The first kappa shape index (κ1) is 81.8. The summed E-state index contributed by atoms with van der Waals surface area (Å²) in [5.74, 6) is 2.77. The van der Waals surface area contributed by atoms with E-state index in [1.807, 2.05) is 82.3 Å². The summed E-state index contributed by atoms with van der Waals surface area (Å²) >= 11 is 14.0. The van der Waals surface area contributed by atoms with E-state index in [9.17, 15) is 10.5 Å². The number of benzene rings is 5. The van der Waals surface area contributed by atoms with Crippen LogP contribution in [0.3, 0.4) is 0 Å². The largest absolute Gasteiger partial charge is 0.494 e. The summed E-state index contributed by atoms with van der Waals surface area (Å²) in [4.78, 5) is 19.9. The number of hydrogen-bond donors (Lipinski definition) is 0. The third-order valence-electron chi connectivity index (χ3n) is 21.9. The zero-order valence-electron chi connectivity index (χ0n) is 65.5. The van der Waals surface area contributed by atoms with Gasteiger partial charge in [-0.2, -0.15) is 10.5 Å². The topological polar surface area (TPSA) is 237 Å². The van der Waals surface area contributed by atoms with Crippen molar-refractivity contribution in [2.75, 3.05) is 120 Å². The second kappa shape index (κ2) is 36.6. The average Bonchev–Trinajstić information content (AvgIpc) is 1.63. The fourth-order valence-corrected chi connectivity index (χ4v) is 14.8. The predicted octanol–water partition coefficient (Wildman–Crippen LogP) is 16.7. The molecule has 0 atom stereocenters. The Morgan fingerprint density at radius 2 is 0.754 bits per heavy atom. The second-order valence-electron chi connectivity index (χ2n) is 30.6. The van der Waals surface area contributed by atoms with Gasteiger partial charge in [0.05, 0.1) is 110 Å². The normalized spacial score (nSPS) is 18.6. The number of anilines is 3. The van der Waals surface area contributed by atoms with Crippen molar-refractivity contribution in [2.24, 2.45) is 0 Å². The van der Waals surface area contributed by atoms with E-state index >= 15 is 0 Å². The maximum Gasteiger partial charge on any atom is 0.494 e. The van der Waals surface area contributed by atoms with Gasteiger partial charge in [-0.25, -0.2) is 0 Å². The lowest BCUT2D eigenvalue weighted by Gasteiger charge is -2.32. The van der Waals surface area contributed by atoms with E-state index < -0.39 is 18.3 Å². The molecule has 0 aliphatic carbocycles. The summed E-state index contributed by atoms with van der Waals surface area (Å²) in [5, 5.41) is 20.5. The molecule has 13 heterocycles. The number of nitrogens with zero attached hydrogens (tertiary/aromatic N) is 8. The van der Waals surface area contributed by atoms with Gasteiger partial charge < -0.3 is 79.7 Å². The SMILES string of the molecule is CC1(C)OB(c2ccc(N3CCOCC3)cc2)OC1(C)C.CC1(C)OB(c2ccc(OC3CCOCC3)c(C#N)c2)OC1(C)C.Clc1ccnc2cc(-c3ccc(N4CCOCC4)cc3)oc12.Clc1ccnc2cc(I)oc12.N#Cc1cc(-c2ccnc3cc(-c4ccc(N5CCOCC5)cc4)oc23)ccc1OC1CCOCC1. The fourth-order valence-electron chi connectivity index (χ4n) is 13.9. The highest BCUT2D eigenvalue weighted by molar-refractivity contribution is 14.1. The molecule has 114 heavy (non-hydrogen) atoms. The van der Waals surface area contributed by atoms with Crippen molar-refractivity contribution in [1.29, 1.82) is 10.5 Å².